The Balaban J connectivity index is 2.59. The van der Waals surface area contributed by atoms with Crippen LogP contribution < -0.4 is 5.32 Å². The number of carbonyl (C=O) groups is 1. The molecule has 0 fully saturated rings. The van der Waals surface area contributed by atoms with E-state index in [4.69, 9.17) is 5.11 Å². The highest BCUT2D eigenvalue weighted by Crippen LogP contribution is 2.22. The highest BCUT2D eigenvalue weighted by Gasteiger charge is 2.40. The van der Waals surface area contributed by atoms with Crippen LogP contribution in [0.25, 0.3) is 0 Å². The Morgan fingerprint density at radius 2 is 2.15 bits per heavy atom. The van der Waals surface area contributed by atoms with Gasteiger partial charge in [0.1, 0.15) is 0 Å². The van der Waals surface area contributed by atoms with Crippen LogP contribution in [0.15, 0.2) is 12.1 Å². The van der Waals surface area contributed by atoms with Crippen molar-refractivity contribution >= 4 is 17.2 Å². The summed E-state index contributed by atoms with van der Waals surface area (Å²) in [6, 6.07) is 2.87. The van der Waals surface area contributed by atoms with Crippen LogP contribution in [-0.2, 0) is 0 Å². The maximum absolute atomic E-state index is 12.6. The Morgan fingerprint density at radius 1 is 1.45 bits per heavy atom. The largest absolute Gasteiger partial charge is 0.395 e. The van der Waals surface area contributed by atoms with Crippen LogP contribution in [0, 0.1) is 11.8 Å². The highest BCUT2D eigenvalue weighted by molar-refractivity contribution is 7.14. The van der Waals surface area contributed by atoms with Crippen molar-refractivity contribution in [2.24, 2.45) is 0 Å². The molecule has 0 aromatic carbocycles. The first-order valence-corrected chi connectivity index (χ1v) is 6.32. The molecule has 0 aliphatic heterocycles. The number of aliphatic hydroxyl groups is 1. The van der Waals surface area contributed by atoms with Gasteiger partial charge >= 0.3 is 12.3 Å². The topological polar surface area (TPSA) is 49.3 Å². The third kappa shape index (κ3) is 4.83. The van der Waals surface area contributed by atoms with Crippen LogP contribution in [0.5, 0.6) is 0 Å². The van der Waals surface area contributed by atoms with Gasteiger partial charge in [0.25, 0.3) is 5.91 Å². The third-order valence-electron chi connectivity index (χ3n) is 2.08. The Kier molecular flexibility index (Phi) is 5.98. The van der Waals surface area contributed by atoms with Crippen molar-refractivity contribution in [1.29, 1.82) is 0 Å². The third-order valence-corrected chi connectivity index (χ3v) is 3.08. The van der Waals surface area contributed by atoms with Crippen molar-refractivity contribution in [1.82, 2.24) is 5.32 Å². The van der Waals surface area contributed by atoms with E-state index in [-0.39, 0.29) is 17.9 Å². The lowest BCUT2D eigenvalue weighted by molar-refractivity contribution is -0.123. The molecule has 8 heteroatoms. The summed E-state index contributed by atoms with van der Waals surface area (Å²) in [6.45, 7) is -1.51. The summed E-state index contributed by atoms with van der Waals surface area (Å²) in [5.41, 5.74) is 0. The number of amides is 1. The van der Waals surface area contributed by atoms with E-state index in [9.17, 15) is 22.4 Å². The summed E-state index contributed by atoms with van der Waals surface area (Å²) in [5.74, 6) is 0.197. The zero-order valence-corrected chi connectivity index (χ0v) is 10.9. The van der Waals surface area contributed by atoms with Crippen molar-refractivity contribution < 1.29 is 27.5 Å². The highest BCUT2D eigenvalue weighted by atomic mass is 32.1. The summed E-state index contributed by atoms with van der Waals surface area (Å²) < 4.78 is 49.1. The number of aliphatic hydroxyl groups excluding tert-OH is 1. The Hall–Kier alpha value is -1.59. The zero-order chi connectivity index (χ0) is 15.2. The molecule has 1 aromatic rings. The first kappa shape index (κ1) is 16.5. The smallest absolute Gasteiger partial charge is 0.324 e. The van der Waals surface area contributed by atoms with Crippen molar-refractivity contribution in [2.75, 3.05) is 13.2 Å². The maximum atomic E-state index is 12.6. The molecule has 0 bridgehead atoms. The summed E-state index contributed by atoms with van der Waals surface area (Å²) in [6.07, 6.45) is -3.55. The Morgan fingerprint density at radius 3 is 2.75 bits per heavy atom. The maximum Gasteiger partial charge on any atom is 0.324 e. The molecular formula is C12H11F4NO2S. The number of nitrogens with one attached hydrogen (secondary N) is 1. The number of carbonyl (C=O) groups excluding carboxylic acids is 1. The summed E-state index contributed by atoms with van der Waals surface area (Å²) in [7, 11) is 0. The number of halogens is 4. The molecule has 0 unspecified atom stereocenters. The van der Waals surface area contributed by atoms with Gasteiger partial charge in [-0.05, 0) is 12.1 Å². The van der Waals surface area contributed by atoms with Crippen LogP contribution in [-0.4, -0.2) is 36.5 Å². The van der Waals surface area contributed by atoms with Crippen molar-refractivity contribution in [3.63, 3.8) is 0 Å². The summed E-state index contributed by atoms with van der Waals surface area (Å²) in [5, 5.41) is 10.3. The lowest BCUT2D eigenvalue weighted by Crippen LogP contribution is -2.41. The van der Waals surface area contributed by atoms with E-state index < -0.39 is 24.8 Å². The fraction of sp³-hybridized carbons (Fsp3) is 0.417. The minimum atomic E-state index is -4.25. The van der Waals surface area contributed by atoms with Gasteiger partial charge in [-0.1, -0.05) is 11.8 Å². The fourth-order valence-electron chi connectivity index (χ4n) is 1.10. The average Bonchev–Trinajstić information content (AvgIpc) is 2.85. The molecule has 3 nitrogen and oxygen atoms in total. The van der Waals surface area contributed by atoms with E-state index in [1.165, 1.54) is 12.1 Å². The SMILES string of the molecule is O=C(NCC(F)(F)C(F)F)c1ccc(C#CCCO)s1. The molecule has 0 aliphatic rings. The molecule has 110 valence electrons. The van der Waals surface area contributed by atoms with E-state index in [0.717, 1.165) is 11.3 Å². The van der Waals surface area contributed by atoms with Crippen LogP contribution >= 0.6 is 11.3 Å². The minimum Gasteiger partial charge on any atom is -0.395 e. The molecule has 0 radical (unpaired) electrons. The second-order valence-electron chi connectivity index (χ2n) is 3.68. The van der Waals surface area contributed by atoms with Crippen LogP contribution in [0.4, 0.5) is 17.6 Å². The van der Waals surface area contributed by atoms with Crippen molar-refractivity contribution in [3.8, 4) is 11.8 Å². The van der Waals surface area contributed by atoms with E-state index in [2.05, 4.69) is 11.8 Å². The molecule has 1 heterocycles. The van der Waals surface area contributed by atoms with E-state index in [1.807, 2.05) is 0 Å². The molecule has 0 aliphatic carbocycles. The molecule has 0 spiro atoms. The summed E-state index contributed by atoms with van der Waals surface area (Å²) >= 11 is 0.951. The molecule has 20 heavy (non-hydrogen) atoms. The molecular weight excluding hydrogens is 298 g/mol. The second-order valence-corrected chi connectivity index (χ2v) is 4.77. The van der Waals surface area contributed by atoms with Crippen LogP contribution in [0.1, 0.15) is 21.0 Å². The quantitative estimate of drug-likeness (QED) is 0.646. The van der Waals surface area contributed by atoms with Crippen molar-refractivity contribution in [3.05, 3.63) is 21.9 Å². The summed E-state index contributed by atoms with van der Waals surface area (Å²) in [4.78, 5) is 12.1. The normalized spacial score (nSPS) is 11.1. The van der Waals surface area contributed by atoms with Gasteiger partial charge in [-0.25, -0.2) is 8.78 Å². The predicted molar refractivity (Wildman–Crippen MR) is 66.2 cm³/mol. The molecule has 1 aromatic heterocycles. The van der Waals surface area contributed by atoms with Gasteiger partial charge in [0.05, 0.1) is 22.9 Å². The van der Waals surface area contributed by atoms with E-state index in [0.29, 0.717) is 4.88 Å². The van der Waals surface area contributed by atoms with E-state index in [1.54, 1.807) is 5.32 Å². The Labute approximate surface area is 116 Å². The lowest BCUT2D eigenvalue weighted by atomic mass is 10.3. The molecule has 0 saturated heterocycles. The van der Waals surface area contributed by atoms with Crippen LogP contribution in [0.3, 0.4) is 0 Å². The van der Waals surface area contributed by atoms with Gasteiger partial charge < -0.3 is 10.4 Å². The molecule has 2 N–H and O–H groups in total. The predicted octanol–water partition coefficient (Wildman–Crippen LogP) is 2.11. The number of hydrogen-bond donors (Lipinski definition) is 2. The monoisotopic (exact) mass is 309 g/mol. The second kappa shape index (κ2) is 7.26. The van der Waals surface area contributed by atoms with Gasteiger partial charge in [0.15, 0.2) is 0 Å². The zero-order valence-electron chi connectivity index (χ0n) is 10.1. The van der Waals surface area contributed by atoms with Gasteiger partial charge in [-0.15, -0.1) is 11.3 Å². The van der Waals surface area contributed by atoms with Crippen LogP contribution in [0.2, 0.25) is 0 Å². The standard InChI is InChI=1S/C12H11F4NO2S/c13-11(14)12(15,16)7-17-10(19)9-5-4-8(20-9)3-1-2-6-18/h4-5,11,18H,2,6-7H2,(H,17,19). The minimum absolute atomic E-state index is 0.0889. The number of rotatable bonds is 5. The molecule has 1 rings (SSSR count). The first-order chi connectivity index (χ1) is 9.36. The molecule has 0 saturated carbocycles. The van der Waals surface area contributed by atoms with E-state index >= 15 is 0 Å². The Bertz CT molecular complexity index is 519. The average molecular weight is 309 g/mol. The number of thiophene rings is 1. The first-order valence-electron chi connectivity index (χ1n) is 5.50. The lowest BCUT2D eigenvalue weighted by Gasteiger charge is -2.15. The van der Waals surface area contributed by atoms with Gasteiger partial charge in [0.2, 0.25) is 0 Å². The fourth-order valence-corrected chi connectivity index (χ4v) is 1.89. The number of hydrogen-bond acceptors (Lipinski definition) is 3. The van der Waals surface area contributed by atoms with Gasteiger partial charge in [0, 0.05) is 6.42 Å². The van der Waals surface area contributed by atoms with Crippen molar-refractivity contribution in [2.45, 2.75) is 18.8 Å². The number of alkyl halides is 4. The molecule has 1 amide bonds. The molecule has 0 atom stereocenters. The van der Waals surface area contributed by atoms with Gasteiger partial charge in [-0.3, -0.25) is 4.79 Å². The van der Waals surface area contributed by atoms with Gasteiger partial charge in [-0.2, -0.15) is 8.78 Å².